The molecule has 0 aromatic heterocycles. The zero-order valence-electron chi connectivity index (χ0n) is 46.7. The van der Waals surface area contributed by atoms with Gasteiger partial charge in [-0.25, -0.2) is 0 Å². The number of hydrogen-bond acceptors (Lipinski definition) is 0. The summed E-state index contributed by atoms with van der Waals surface area (Å²) in [7, 11) is 0. The molecule has 8 aromatic rings. The van der Waals surface area contributed by atoms with Crippen molar-refractivity contribution in [2.24, 2.45) is 0 Å². The molecule has 0 aliphatic carbocycles. The van der Waals surface area contributed by atoms with E-state index in [0.29, 0.717) is 0 Å². The van der Waals surface area contributed by atoms with E-state index in [1.54, 1.807) is 0 Å². The molecular formula is C41H28. The summed E-state index contributed by atoms with van der Waals surface area (Å²) < 4.78 is 230. The van der Waals surface area contributed by atoms with Crippen LogP contribution in [0.1, 0.15) is 46.8 Å². The van der Waals surface area contributed by atoms with Gasteiger partial charge in [0.05, 0.1) is 35.6 Å². The van der Waals surface area contributed by atoms with Crippen LogP contribution < -0.4 is 0 Å². The van der Waals surface area contributed by atoms with Crippen molar-refractivity contribution in [3.8, 4) is 22.3 Å². The van der Waals surface area contributed by atoms with Gasteiger partial charge < -0.3 is 0 Å². The Bertz CT molecular complexity index is 3590. The summed E-state index contributed by atoms with van der Waals surface area (Å²) in [4.78, 5) is 0. The monoisotopic (exact) mass is 546 g/mol. The van der Waals surface area contributed by atoms with Gasteiger partial charge in [-0.15, -0.1) is 0 Å². The molecule has 0 N–H and O–H groups in total. The first-order valence-corrected chi connectivity index (χ1v) is 12.2. The Balaban J connectivity index is 1.63. The summed E-state index contributed by atoms with van der Waals surface area (Å²) >= 11 is 0. The van der Waals surface area contributed by atoms with E-state index >= 15 is 0 Å². The van der Waals surface area contributed by atoms with Crippen LogP contribution in [0.5, 0.6) is 0 Å². The SMILES string of the molecule is [2H]c1c([2H])c(-c2c([2H])c([2H])c3c([2H])c([2H])c([2H])c([2H])c3c2[2H])c([2H])c(-c2c3c([2H])c([2H])c([2H])c([2H])c3c(Cc3c([2H])c([2H])c4c([2H])c([2H])c([2H])c([2H])c4c3[2H])c3c([2H])c([2H])c([2H])c([2H])c23)c1[2H]. The zero-order valence-corrected chi connectivity index (χ0v) is 20.7. The van der Waals surface area contributed by atoms with Gasteiger partial charge >= 0.3 is 0 Å². The van der Waals surface area contributed by atoms with Crippen molar-refractivity contribution in [2.45, 2.75) is 6.42 Å². The first kappa shape index (κ1) is 9.16. The van der Waals surface area contributed by atoms with Crippen LogP contribution >= 0.6 is 0 Å². The minimum atomic E-state index is -1.03. The topological polar surface area (TPSA) is 0 Å². The molecular weight excluding hydrogens is 492 g/mol. The van der Waals surface area contributed by atoms with Crippen LogP contribution in [0.2, 0.25) is 0 Å². The Morgan fingerprint density at radius 2 is 0.878 bits per heavy atom. The van der Waals surface area contributed by atoms with Gasteiger partial charge in [0.2, 0.25) is 0 Å². The van der Waals surface area contributed by atoms with Crippen LogP contribution in [0.25, 0.3) is 65.3 Å². The van der Waals surface area contributed by atoms with Crippen LogP contribution in [0.15, 0.2) is 157 Å². The largest absolute Gasteiger partial charge is 0.0636 e. The molecule has 0 radical (unpaired) electrons. The fraction of sp³-hybridized carbons (Fsp3) is 0.0244. The molecule has 0 heteroatoms. The van der Waals surface area contributed by atoms with Crippen LogP contribution in [0, 0.1) is 0 Å². The van der Waals surface area contributed by atoms with Gasteiger partial charge in [0, 0.05) is 0 Å². The highest BCUT2D eigenvalue weighted by Gasteiger charge is 2.16. The fourth-order valence-corrected chi connectivity index (χ4v) is 4.71. The summed E-state index contributed by atoms with van der Waals surface area (Å²) in [5.74, 6) is 0. The molecule has 0 unspecified atom stereocenters. The van der Waals surface area contributed by atoms with Gasteiger partial charge in [-0.2, -0.15) is 0 Å². The van der Waals surface area contributed by atoms with Crippen molar-refractivity contribution in [1.29, 1.82) is 0 Å². The Morgan fingerprint density at radius 3 is 1.56 bits per heavy atom. The Hall–Kier alpha value is -5.20. The average Bonchev–Trinajstić information content (AvgIpc) is 3.29. The molecule has 0 nitrogen and oxygen atoms in total. The fourth-order valence-electron chi connectivity index (χ4n) is 4.71. The second-order valence-electron chi connectivity index (χ2n) is 8.88. The third-order valence-electron chi connectivity index (χ3n) is 6.51. The molecule has 0 bridgehead atoms. The molecule has 0 aliphatic rings. The second-order valence-corrected chi connectivity index (χ2v) is 8.88. The molecule has 8 aromatic carbocycles. The number of rotatable bonds is 4. The quantitative estimate of drug-likeness (QED) is 0.193. The minimum Gasteiger partial charge on any atom is -0.0616 e. The summed E-state index contributed by atoms with van der Waals surface area (Å²) in [5.41, 5.74) is -3.95. The Labute approximate surface area is 276 Å². The van der Waals surface area contributed by atoms with Gasteiger partial charge in [-0.3, -0.25) is 0 Å². The number of fused-ring (bicyclic) bond motifs is 4. The molecule has 0 amide bonds. The Kier molecular flexibility index (Phi) is 2.18. The van der Waals surface area contributed by atoms with E-state index in [4.69, 9.17) is 24.7 Å². The molecule has 0 saturated carbocycles. The average molecular weight is 547 g/mol. The van der Waals surface area contributed by atoms with Crippen LogP contribution in [-0.2, 0) is 6.42 Å². The Morgan fingerprint density at radius 1 is 0.366 bits per heavy atom. The van der Waals surface area contributed by atoms with E-state index in [-0.39, 0.29) is 0 Å². The maximum absolute atomic E-state index is 9.68. The van der Waals surface area contributed by atoms with E-state index in [9.17, 15) is 11.0 Å². The normalized spacial score (nSPS) is 20.4. The molecule has 0 heterocycles. The first-order valence-electron chi connectivity index (χ1n) is 25.2. The van der Waals surface area contributed by atoms with Crippen molar-refractivity contribution < 1.29 is 35.6 Å². The van der Waals surface area contributed by atoms with Gasteiger partial charge in [-0.05, 0) is 95.0 Å². The van der Waals surface area contributed by atoms with Crippen molar-refractivity contribution in [2.75, 3.05) is 0 Å². The van der Waals surface area contributed by atoms with E-state index in [2.05, 4.69) is 0 Å². The highest BCUT2D eigenvalue weighted by atomic mass is 14.2. The van der Waals surface area contributed by atoms with Crippen LogP contribution in [-0.4, -0.2) is 0 Å². The molecule has 0 atom stereocenters. The van der Waals surface area contributed by atoms with E-state index < -0.39 is 240 Å². The second kappa shape index (κ2) is 9.77. The summed E-state index contributed by atoms with van der Waals surface area (Å²) in [5, 5.41) is -4.47. The lowest BCUT2D eigenvalue weighted by molar-refractivity contribution is 1.24. The van der Waals surface area contributed by atoms with E-state index in [1.807, 2.05) is 0 Å². The van der Waals surface area contributed by atoms with E-state index in [0.717, 1.165) is 0 Å². The zero-order chi connectivity index (χ0) is 49.8. The molecule has 41 heavy (non-hydrogen) atoms. The molecule has 192 valence electrons. The predicted molar refractivity (Wildman–Crippen MR) is 177 cm³/mol. The molecule has 8 rings (SSSR count). The van der Waals surface area contributed by atoms with Gasteiger partial charge in [0.1, 0.15) is 0 Å². The highest BCUT2D eigenvalue weighted by Crippen LogP contribution is 2.41. The summed E-state index contributed by atoms with van der Waals surface area (Å²) in [6.45, 7) is 0. The number of benzene rings is 8. The molecule has 0 fully saturated rings. The van der Waals surface area contributed by atoms with Gasteiger partial charge in [0.15, 0.2) is 0 Å². The maximum atomic E-state index is 9.68. The predicted octanol–water partition coefficient (Wildman–Crippen LogP) is 11.2. The highest BCUT2D eigenvalue weighted by molar-refractivity contribution is 6.15. The molecule has 0 spiro atoms. The first-order chi connectivity index (χ1) is 31.2. The van der Waals surface area contributed by atoms with Crippen molar-refractivity contribution >= 4 is 43.1 Å². The summed E-state index contributed by atoms with van der Waals surface area (Å²) in [6.07, 6.45) is -0.846. The van der Waals surface area contributed by atoms with Crippen molar-refractivity contribution in [3.63, 3.8) is 0 Å². The lowest BCUT2D eigenvalue weighted by Crippen LogP contribution is -1.95. The smallest absolute Gasteiger partial charge is 0.0616 e. The molecule has 0 saturated heterocycles. The molecule has 0 aliphatic heterocycles. The third kappa shape index (κ3) is 4.17. The lowest BCUT2D eigenvalue weighted by Gasteiger charge is -2.18. The summed E-state index contributed by atoms with van der Waals surface area (Å²) in [6, 6.07) is -22.4. The van der Waals surface area contributed by atoms with Gasteiger partial charge in [0.25, 0.3) is 0 Å². The standard InChI is InChI=1S/C41H28/c1-3-12-31-24-28(20-21-29(31)10-1)25-40-36-16-5-7-18-38(36)41(39-19-8-6-17-37(39)40)35-15-9-14-33(27-35)34-23-22-30-11-2-4-13-32(30)26-34/h1-24,26-27H,25H2/i1D,2D,3D,4D,5D,6D,7D,8D,9D,10D,11D,12D,13D,14D,15D,16D,17D,18D,19D,20D,21D,22D,23D,24D,26D,27D. The maximum Gasteiger partial charge on any atom is 0.0636 e. The van der Waals surface area contributed by atoms with Crippen molar-refractivity contribution in [3.05, 3.63) is 168 Å². The van der Waals surface area contributed by atoms with Crippen LogP contribution in [0.3, 0.4) is 0 Å². The van der Waals surface area contributed by atoms with Crippen LogP contribution in [0.4, 0.5) is 0 Å². The van der Waals surface area contributed by atoms with Gasteiger partial charge in [-0.1, -0.05) is 145 Å². The minimum absolute atomic E-state index is 0.403. The lowest BCUT2D eigenvalue weighted by atomic mass is 9.85. The number of hydrogen-bond donors (Lipinski definition) is 0. The van der Waals surface area contributed by atoms with E-state index in [1.165, 1.54) is 0 Å². The third-order valence-corrected chi connectivity index (χ3v) is 6.51. The van der Waals surface area contributed by atoms with Crippen molar-refractivity contribution in [1.82, 2.24) is 0 Å².